The fourth-order valence-corrected chi connectivity index (χ4v) is 3.47. The maximum absolute atomic E-state index is 12.4. The van der Waals surface area contributed by atoms with Crippen molar-refractivity contribution in [3.8, 4) is 0 Å². The van der Waals surface area contributed by atoms with Crippen molar-refractivity contribution in [1.82, 2.24) is 9.88 Å². The molecule has 0 aliphatic carbocycles. The first-order valence-electron chi connectivity index (χ1n) is 7.67. The van der Waals surface area contributed by atoms with Crippen LogP contribution >= 0.6 is 11.3 Å². The van der Waals surface area contributed by atoms with Crippen LogP contribution in [0.2, 0.25) is 0 Å². The highest BCUT2D eigenvalue weighted by molar-refractivity contribution is 7.17. The Labute approximate surface area is 139 Å². The van der Waals surface area contributed by atoms with Crippen molar-refractivity contribution in [2.45, 2.75) is 13.0 Å². The molecule has 0 unspecified atom stereocenters. The van der Waals surface area contributed by atoms with Crippen molar-refractivity contribution in [3.63, 3.8) is 0 Å². The summed E-state index contributed by atoms with van der Waals surface area (Å²) < 4.78 is 8.25. The lowest BCUT2D eigenvalue weighted by Gasteiger charge is -2.11. The number of benzene rings is 1. The first-order valence-corrected chi connectivity index (χ1v) is 8.55. The fraction of sp³-hybridized carbons (Fsp3) is 0.278. The largest absolute Gasteiger partial charge is 0.383 e. The molecule has 1 amide bonds. The number of aromatic nitrogens is 1. The molecular formula is C18H20N2O2S. The number of amides is 1. The van der Waals surface area contributed by atoms with Crippen LogP contribution in [0.4, 0.5) is 0 Å². The van der Waals surface area contributed by atoms with Gasteiger partial charge < -0.3 is 14.6 Å². The highest BCUT2D eigenvalue weighted by Crippen LogP contribution is 2.25. The third kappa shape index (κ3) is 3.63. The Morgan fingerprint density at radius 3 is 2.87 bits per heavy atom. The molecule has 1 aromatic carbocycles. The minimum atomic E-state index is -0.0430. The van der Waals surface area contributed by atoms with E-state index in [2.05, 4.69) is 33.5 Å². The lowest BCUT2D eigenvalue weighted by Crippen LogP contribution is -2.29. The van der Waals surface area contributed by atoms with Gasteiger partial charge in [0, 0.05) is 20.2 Å². The fourth-order valence-electron chi connectivity index (χ4n) is 2.65. The van der Waals surface area contributed by atoms with Crippen LogP contribution in [0.25, 0.3) is 10.2 Å². The summed E-state index contributed by atoms with van der Waals surface area (Å²) in [7, 11) is 1.63. The second-order valence-electron chi connectivity index (χ2n) is 5.34. The molecule has 0 radical (unpaired) electrons. The summed E-state index contributed by atoms with van der Waals surface area (Å²) in [5, 5.41) is 4.97. The summed E-state index contributed by atoms with van der Waals surface area (Å²) in [6.45, 7) is 1.83. The normalized spacial score (nSPS) is 11.0. The van der Waals surface area contributed by atoms with Gasteiger partial charge in [0.15, 0.2) is 0 Å². The van der Waals surface area contributed by atoms with E-state index in [1.807, 2.05) is 24.3 Å². The summed E-state index contributed by atoms with van der Waals surface area (Å²) in [6.07, 6.45) is 0.902. The van der Waals surface area contributed by atoms with Crippen LogP contribution in [0.15, 0.2) is 47.8 Å². The van der Waals surface area contributed by atoms with Crippen molar-refractivity contribution in [1.29, 1.82) is 0 Å². The molecule has 2 heterocycles. The minimum absolute atomic E-state index is 0.0430. The monoisotopic (exact) mass is 328 g/mol. The predicted molar refractivity (Wildman–Crippen MR) is 94.2 cm³/mol. The summed E-state index contributed by atoms with van der Waals surface area (Å²) in [5.41, 5.74) is 3.12. The number of hydrogen-bond acceptors (Lipinski definition) is 3. The van der Waals surface area contributed by atoms with Gasteiger partial charge in [-0.05, 0) is 29.5 Å². The number of rotatable bonds is 7. The number of nitrogens with zero attached hydrogens (tertiary/aromatic N) is 1. The Kier molecular flexibility index (Phi) is 5.10. The van der Waals surface area contributed by atoms with Crippen molar-refractivity contribution in [2.75, 3.05) is 20.3 Å². The molecule has 3 aromatic rings. The smallest absolute Gasteiger partial charge is 0.268 e. The Morgan fingerprint density at radius 1 is 1.26 bits per heavy atom. The summed E-state index contributed by atoms with van der Waals surface area (Å²) >= 11 is 1.66. The topological polar surface area (TPSA) is 43.3 Å². The number of hydrogen-bond donors (Lipinski definition) is 1. The highest BCUT2D eigenvalue weighted by Gasteiger charge is 2.16. The summed E-state index contributed by atoms with van der Waals surface area (Å²) in [6, 6.07) is 14.4. The van der Waals surface area contributed by atoms with E-state index in [9.17, 15) is 4.79 Å². The van der Waals surface area contributed by atoms with E-state index in [-0.39, 0.29) is 5.91 Å². The number of carbonyl (C=O) groups is 1. The predicted octanol–water partition coefficient (Wildman–Crippen LogP) is 3.32. The molecule has 1 N–H and O–H groups in total. The highest BCUT2D eigenvalue weighted by atomic mass is 32.1. The zero-order valence-electron chi connectivity index (χ0n) is 13.1. The third-order valence-corrected chi connectivity index (χ3v) is 4.67. The molecule has 0 bridgehead atoms. The number of aryl methyl sites for hydroxylation is 2. The molecule has 5 heteroatoms. The number of thiophene rings is 1. The van der Waals surface area contributed by atoms with Crippen LogP contribution in [0.3, 0.4) is 0 Å². The zero-order valence-corrected chi connectivity index (χ0v) is 13.9. The van der Waals surface area contributed by atoms with E-state index >= 15 is 0 Å². The Balaban J connectivity index is 1.80. The minimum Gasteiger partial charge on any atom is -0.383 e. The lowest BCUT2D eigenvalue weighted by atomic mass is 10.1. The molecule has 0 saturated heterocycles. The van der Waals surface area contributed by atoms with Crippen LogP contribution in [-0.4, -0.2) is 30.7 Å². The van der Waals surface area contributed by atoms with Gasteiger partial charge in [-0.15, -0.1) is 11.3 Å². The van der Waals surface area contributed by atoms with Crippen molar-refractivity contribution < 1.29 is 9.53 Å². The van der Waals surface area contributed by atoms with Gasteiger partial charge in [0.25, 0.3) is 5.91 Å². The van der Waals surface area contributed by atoms with Crippen LogP contribution < -0.4 is 5.32 Å². The van der Waals surface area contributed by atoms with E-state index in [0.29, 0.717) is 13.2 Å². The summed E-state index contributed by atoms with van der Waals surface area (Å²) in [4.78, 5) is 12.4. The second kappa shape index (κ2) is 7.44. The van der Waals surface area contributed by atoms with Gasteiger partial charge in [0.2, 0.25) is 0 Å². The van der Waals surface area contributed by atoms with Crippen LogP contribution in [0, 0.1) is 0 Å². The molecular weight excluding hydrogens is 308 g/mol. The Hall–Kier alpha value is -2.11. The molecule has 0 saturated carbocycles. The van der Waals surface area contributed by atoms with E-state index in [1.165, 1.54) is 5.56 Å². The van der Waals surface area contributed by atoms with E-state index < -0.39 is 0 Å². The molecule has 0 atom stereocenters. The Bertz CT molecular complexity index is 777. The molecule has 0 aliphatic heterocycles. The second-order valence-corrected chi connectivity index (χ2v) is 6.28. The SMILES string of the molecule is COCCNC(=O)c1cc2sccc2n1CCc1ccccc1. The quantitative estimate of drug-likeness (QED) is 0.676. The zero-order chi connectivity index (χ0) is 16.1. The van der Waals surface area contributed by atoms with Gasteiger partial charge in [-0.2, -0.15) is 0 Å². The van der Waals surface area contributed by atoms with E-state index in [1.54, 1.807) is 18.4 Å². The van der Waals surface area contributed by atoms with Gasteiger partial charge in [0.1, 0.15) is 5.69 Å². The maximum atomic E-state index is 12.4. The number of carbonyl (C=O) groups excluding carboxylic acids is 1. The average molecular weight is 328 g/mol. The van der Waals surface area contributed by atoms with E-state index in [4.69, 9.17) is 4.74 Å². The molecule has 0 aliphatic rings. The van der Waals surface area contributed by atoms with Gasteiger partial charge in [-0.1, -0.05) is 30.3 Å². The standard InChI is InChI=1S/C18H20N2O2S/c1-22-11-9-19-18(21)16-13-17-15(8-12-23-17)20(16)10-7-14-5-3-2-4-6-14/h2-6,8,12-13H,7,9-11H2,1H3,(H,19,21). The maximum Gasteiger partial charge on any atom is 0.268 e. The Morgan fingerprint density at radius 2 is 2.09 bits per heavy atom. The van der Waals surface area contributed by atoms with Crippen molar-refractivity contribution >= 4 is 27.5 Å². The summed E-state index contributed by atoms with van der Waals surface area (Å²) in [5.74, 6) is -0.0430. The number of fused-ring (bicyclic) bond motifs is 1. The molecule has 3 rings (SSSR count). The average Bonchev–Trinajstić information content (AvgIpc) is 3.15. The first kappa shape index (κ1) is 15.8. The van der Waals surface area contributed by atoms with E-state index in [0.717, 1.165) is 28.9 Å². The van der Waals surface area contributed by atoms with Gasteiger partial charge in [-0.25, -0.2) is 0 Å². The molecule has 0 fully saturated rings. The molecule has 0 spiro atoms. The number of ether oxygens (including phenoxy) is 1. The van der Waals surface area contributed by atoms with Crippen LogP contribution in [-0.2, 0) is 17.7 Å². The lowest BCUT2D eigenvalue weighted by molar-refractivity contribution is 0.0928. The van der Waals surface area contributed by atoms with Gasteiger partial charge >= 0.3 is 0 Å². The molecule has 4 nitrogen and oxygen atoms in total. The number of nitrogens with one attached hydrogen (secondary N) is 1. The number of methoxy groups -OCH3 is 1. The molecule has 120 valence electrons. The first-order chi connectivity index (χ1) is 11.3. The van der Waals surface area contributed by atoms with Gasteiger partial charge in [-0.3, -0.25) is 4.79 Å². The third-order valence-electron chi connectivity index (χ3n) is 3.81. The van der Waals surface area contributed by atoms with Crippen LogP contribution in [0.1, 0.15) is 16.1 Å². The molecule has 2 aromatic heterocycles. The van der Waals surface area contributed by atoms with Crippen molar-refractivity contribution in [3.05, 3.63) is 59.1 Å². The van der Waals surface area contributed by atoms with Crippen LogP contribution in [0.5, 0.6) is 0 Å². The van der Waals surface area contributed by atoms with Gasteiger partial charge in [0.05, 0.1) is 16.8 Å². The molecule has 23 heavy (non-hydrogen) atoms. The van der Waals surface area contributed by atoms with Crippen molar-refractivity contribution in [2.24, 2.45) is 0 Å².